The van der Waals surface area contributed by atoms with Crippen LogP contribution in [0.5, 0.6) is 0 Å². The van der Waals surface area contributed by atoms with Crippen LogP contribution in [0.1, 0.15) is 15.4 Å². The van der Waals surface area contributed by atoms with E-state index in [0.717, 1.165) is 18.1 Å². The molecule has 0 atom stereocenters. The molecule has 0 aromatic carbocycles. The lowest BCUT2D eigenvalue weighted by molar-refractivity contribution is 1.06. The van der Waals surface area contributed by atoms with E-state index in [0.29, 0.717) is 0 Å². The second-order valence-corrected chi connectivity index (χ2v) is 4.78. The highest BCUT2D eigenvalue weighted by Crippen LogP contribution is 2.16. The van der Waals surface area contributed by atoms with E-state index in [1.165, 1.54) is 9.75 Å². The van der Waals surface area contributed by atoms with Gasteiger partial charge in [0.2, 0.25) is 0 Å². The minimum absolute atomic E-state index is 0.828. The Hall–Kier alpha value is -1.42. The highest BCUT2D eigenvalue weighted by atomic mass is 32.1. The van der Waals surface area contributed by atoms with Gasteiger partial charge in [0, 0.05) is 21.5 Å². The maximum atomic E-state index is 4.14. The second-order valence-electron chi connectivity index (χ2n) is 3.41. The van der Waals surface area contributed by atoms with Crippen molar-refractivity contribution in [2.75, 3.05) is 5.32 Å². The number of hydrogen-bond acceptors (Lipinski definition) is 4. The topological polar surface area (TPSA) is 37.8 Å². The standard InChI is InChI=1S/C11H13N3S/c1-8-5-11(14-7-13-8)12-6-10-4-3-9(2)15-10/h3-5,7H,6H2,1-2H3,(H,12,13,14). The Bertz CT molecular complexity index is 451. The lowest BCUT2D eigenvalue weighted by Crippen LogP contribution is -2.00. The van der Waals surface area contributed by atoms with E-state index < -0.39 is 0 Å². The van der Waals surface area contributed by atoms with Gasteiger partial charge in [-0.3, -0.25) is 0 Å². The minimum Gasteiger partial charge on any atom is -0.365 e. The van der Waals surface area contributed by atoms with Crippen molar-refractivity contribution in [3.8, 4) is 0 Å². The number of aromatic nitrogens is 2. The molecule has 0 amide bonds. The molecule has 0 aliphatic carbocycles. The Morgan fingerprint density at radius 2 is 2.13 bits per heavy atom. The fourth-order valence-electron chi connectivity index (χ4n) is 1.31. The summed E-state index contributed by atoms with van der Waals surface area (Å²) in [4.78, 5) is 10.9. The fraction of sp³-hybridized carbons (Fsp3) is 0.273. The molecule has 15 heavy (non-hydrogen) atoms. The van der Waals surface area contributed by atoms with E-state index in [9.17, 15) is 0 Å². The summed E-state index contributed by atoms with van der Waals surface area (Å²) in [5.74, 6) is 0.883. The number of nitrogens with zero attached hydrogens (tertiary/aromatic N) is 2. The van der Waals surface area contributed by atoms with Gasteiger partial charge >= 0.3 is 0 Å². The molecule has 0 radical (unpaired) electrons. The molecule has 0 saturated carbocycles. The molecule has 0 fully saturated rings. The van der Waals surface area contributed by atoms with Gasteiger partial charge in [-0.25, -0.2) is 9.97 Å². The Morgan fingerprint density at radius 3 is 2.80 bits per heavy atom. The molecule has 0 aliphatic rings. The van der Waals surface area contributed by atoms with Crippen molar-refractivity contribution in [3.05, 3.63) is 40.0 Å². The van der Waals surface area contributed by atoms with E-state index in [1.54, 1.807) is 17.7 Å². The zero-order chi connectivity index (χ0) is 10.7. The van der Waals surface area contributed by atoms with Gasteiger partial charge < -0.3 is 5.32 Å². The molecule has 2 rings (SSSR count). The Balaban J connectivity index is 1.99. The van der Waals surface area contributed by atoms with Crippen LogP contribution in [0.25, 0.3) is 0 Å². The average Bonchev–Trinajstić information content (AvgIpc) is 2.62. The molecule has 3 nitrogen and oxygen atoms in total. The first-order valence-electron chi connectivity index (χ1n) is 4.82. The van der Waals surface area contributed by atoms with Crippen molar-refractivity contribution in [2.24, 2.45) is 0 Å². The molecule has 0 bridgehead atoms. The smallest absolute Gasteiger partial charge is 0.129 e. The zero-order valence-corrected chi connectivity index (χ0v) is 9.64. The highest BCUT2D eigenvalue weighted by molar-refractivity contribution is 7.11. The summed E-state index contributed by atoms with van der Waals surface area (Å²) < 4.78 is 0. The average molecular weight is 219 g/mol. The molecular formula is C11H13N3S. The number of rotatable bonds is 3. The Kier molecular flexibility index (Phi) is 2.97. The van der Waals surface area contributed by atoms with Gasteiger partial charge in [-0.15, -0.1) is 11.3 Å². The summed E-state index contributed by atoms with van der Waals surface area (Å²) in [6.45, 7) is 4.90. The molecule has 78 valence electrons. The monoisotopic (exact) mass is 219 g/mol. The van der Waals surface area contributed by atoms with Crippen LogP contribution in [0, 0.1) is 13.8 Å². The molecule has 2 heterocycles. The van der Waals surface area contributed by atoms with Gasteiger partial charge in [0.25, 0.3) is 0 Å². The lowest BCUT2D eigenvalue weighted by atomic mass is 10.4. The van der Waals surface area contributed by atoms with Crippen molar-refractivity contribution in [1.82, 2.24) is 9.97 Å². The van der Waals surface area contributed by atoms with Gasteiger partial charge in [-0.05, 0) is 26.0 Å². The van der Waals surface area contributed by atoms with E-state index in [2.05, 4.69) is 34.3 Å². The summed E-state index contributed by atoms with van der Waals surface area (Å²) in [6.07, 6.45) is 1.58. The Morgan fingerprint density at radius 1 is 1.27 bits per heavy atom. The predicted molar refractivity (Wildman–Crippen MR) is 63.2 cm³/mol. The normalized spacial score (nSPS) is 10.3. The lowest BCUT2D eigenvalue weighted by Gasteiger charge is -2.03. The van der Waals surface area contributed by atoms with Crippen LogP contribution in [0.2, 0.25) is 0 Å². The van der Waals surface area contributed by atoms with Crippen LogP contribution in [-0.4, -0.2) is 9.97 Å². The number of hydrogen-bond donors (Lipinski definition) is 1. The number of thiophene rings is 1. The van der Waals surface area contributed by atoms with Crippen LogP contribution < -0.4 is 5.32 Å². The summed E-state index contributed by atoms with van der Waals surface area (Å²) in [5, 5.41) is 3.27. The van der Waals surface area contributed by atoms with Gasteiger partial charge in [0.15, 0.2) is 0 Å². The number of aryl methyl sites for hydroxylation is 2. The predicted octanol–water partition coefficient (Wildman–Crippen LogP) is 2.77. The van der Waals surface area contributed by atoms with Crippen molar-refractivity contribution < 1.29 is 0 Å². The molecule has 0 aliphatic heterocycles. The van der Waals surface area contributed by atoms with E-state index in [4.69, 9.17) is 0 Å². The van der Waals surface area contributed by atoms with Crippen LogP contribution in [-0.2, 0) is 6.54 Å². The fourth-order valence-corrected chi connectivity index (χ4v) is 2.14. The van der Waals surface area contributed by atoms with Gasteiger partial charge in [-0.2, -0.15) is 0 Å². The SMILES string of the molecule is Cc1cc(NCc2ccc(C)s2)ncn1. The molecule has 0 unspecified atom stereocenters. The van der Waals surface area contributed by atoms with Crippen molar-refractivity contribution in [1.29, 1.82) is 0 Å². The van der Waals surface area contributed by atoms with Crippen LogP contribution in [0.4, 0.5) is 5.82 Å². The van der Waals surface area contributed by atoms with Crippen molar-refractivity contribution >= 4 is 17.2 Å². The first-order valence-corrected chi connectivity index (χ1v) is 5.63. The van der Waals surface area contributed by atoms with E-state index in [1.807, 2.05) is 13.0 Å². The first kappa shape index (κ1) is 10.1. The molecule has 0 spiro atoms. The first-order chi connectivity index (χ1) is 7.24. The highest BCUT2D eigenvalue weighted by Gasteiger charge is 1.98. The van der Waals surface area contributed by atoms with Crippen molar-refractivity contribution in [2.45, 2.75) is 20.4 Å². The van der Waals surface area contributed by atoms with Gasteiger partial charge in [0.05, 0.1) is 6.54 Å². The second kappa shape index (κ2) is 4.40. The maximum absolute atomic E-state index is 4.14. The summed E-state index contributed by atoms with van der Waals surface area (Å²) >= 11 is 1.81. The van der Waals surface area contributed by atoms with Gasteiger partial charge in [0.1, 0.15) is 12.1 Å². The summed E-state index contributed by atoms with van der Waals surface area (Å²) in [6, 6.07) is 6.22. The Labute approximate surface area is 93.2 Å². The molecule has 1 N–H and O–H groups in total. The quantitative estimate of drug-likeness (QED) is 0.862. The van der Waals surface area contributed by atoms with E-state index in [-0.39, 0.29) is 0 Å². The van der Waals surface area contributed by atoms with E-state index >= 15 is 0 Å². The molecular weight excluding hydrogens is 206 g/mol. The summed E-state index contributed by atoms with van der Waals surface area (Å²) in [5.41, 5.74) is 0.981. The molecule has 2 aromatic heterocycles. The third-order valence-electron chi connectivity index (χ3n) is 2.04. The van der Waals surface area contributed by atoms with Crippen LogP contribution in [0.15, 0.2) is 24.5 Å². The largest absolute Gasteiger partial charge is 0.365 e. The summed E-state index contributed by atoms with van der Waals surface area (Å²) in [7, 11) is 0. The third-order valence-corrected chi connectivity index (χ3v) is 3.04. The minimum atomic E-state index is 0.828. The number of nitrogens with one attached hydrogen (secondary N) is 1. The molecule has 4 heteroatoms. The third kappa shape index (κ3) is 2.76. The molecule has 2 aromatic rings. The number of anilines is 1. The van der Waals surface area contributed by atoms with Crippen LogP contribution in [0.3, 0.4) is 0 Å². The van der Waals surface area contributed by atoms with Gasteiger partial charge in [-0.1, -0.05) is 0 Å². The van der Waals surface area contributed by atoms with Crippen LogP contribution >= 0.6 is 11.3 Å². The molecule has 0 saturated heterocycles. The maximum Gasteiger partial charge on any atom is 0.129 e. The van der Waals surface area contributed by atoms with Crippen molar-refractivity contribution in [3.63, 3.8) is 0 Å². The zero-order valence-electron chi connectivity index (χ0n) is 8.82.